The molecule has 0 saturated heterocycles. The number of carbonyl (C=O) groups is 1. The molecule has 0 aliphatic rings. The zero-order valence-electron chi connectivity index (χ0n) is 18.0. The van der Waals surface area contributed by atoms with Gasteiger partial charge in [0.05, 0.1) is 19.2 Å². The van der Waals surface area contributed by atoms with Gasteiger partial charge in [0.25, 0.3) is 0 Å². The van der Waals surface area contributed by atoms with Crippen LogP contribution in [0.2, 0.25) is 0 Å². The van der Waals surface area contributed by atoms with Gasteiger partial charge in [0.1, 0.15) is 11.6 Å². The van der Waals surface area contributed by atoms with Crippen molar-refractivity contribution in [2.24, 2.45) is 0 Å². The van der Waals surface area contributed by atoms with E-state index >= 15 is 0 Å². The summed E-state index contributed by atoms with van der Waals surface area (Å²) in [6, 6.07) is 13.5. The SMILES string of the molecule is CCOC(=O)C(CC)Oc1cc(N(C)c2nc(C)nc3ccccc23)ccc1OC. The van der Waals surface area contributed by atoms with Crippen LogP contribution < -0.4 is 14.4 Å². The predicted octanol–water partition coefficient (Wildman–Crippen LogP) is 4.44. The van der Waals surface area contributed by atoms with Gasteiger partial charge in [-0.3, -0.25) is 0 Å². The van der Waals surface area contributed by atoms with E-state index < -0.39 is 12.1 Å². The molecule has 30 heavy (non-hydrogen) atoms. The Balaban J connectivity index is 1.99. The minimum Gasteiger partial charge on any atom is -0.493 e. The van der Waals surface area contributed by atoms with Gasteiger partial charge in [-0.2, -0.15) is 0 Å². The van der Waals surface area contributed by atoms with Crippen molar-refractivity contribution in [3.63, 3.8) is 0 Å². The highest BCUT2D eigenvalue weighted by molar-refractivity contribution is 5.91. The van der Waals surface area contributed by atoms with Crippen molar-refractivity contribution >= 4 is 28.4 Å². The monoisotopic (exact) mass is 409 g/mol. The van der Waals surface area contributed by atoms with Crippen LogP contribution in [-0.2, 0) is 9.53 Å². The zero-order chi connectivity index (χ0) is 21.7. The standard InChI is InChI=1S/C23H27N3O4/c1-6-19(23(27)29-7-2)30-21-14-16(12-13-20(21)28-5)26(4)22-17-10-8-9-11-18(17)24-15(3)25-22/h8-14,19H,6-7H2,1-5H3. The van der Waals surface area contributed by atoms with Gasteiger partial charge in [0.15, 0.2) is 17.6 Å². The normalized spacial score (nSPS) is 11.8. The number of carbonyl (C=O) groups excluding carboxylic acids is 1. The summed E-state index contributed by atoms with van der Waals surface area (Å²) in [6.07, 6.45) is -0.223. The van der Waals surface area contributed by atoms with Crippen LogP contribution >= 0.6 is 0 Å². The molecule has 2 aromatic carbocycles. The van der Waals surface area contributed by atoms with E-state index in [4.69, 9.17) is 14.2 Å². The molecule has 3 rings (SSSR count). The maximum Gasteiger partial charge on any atom is 0.347 e. The molecular weight excluding hydrogens is 382 g/mol. The Morgan fingerprint density at radius 1 is 1.10 bits per heavy atom. The van der Waals surface area contributed by atoms with Crippen molar-refractivity contribution in [2.45, 2.75) is 33.3 Å². The Bertz CT molecular complexity index is 1040. The van der Waals surface area contributed by atoms with Crippen LogP contribution in [-0.4, -0.2) is 42.8 Å². The lowest BCUT2D eigenvalue weighted by Crippen LogP contribution is -2.29. The lowest BCUT2D eigenvalue weighted by molar-refractivity contribution is -0.151. The highest BCUT2D eigenvalue weighted by Crippen LogP contribution is 2.36. The molecule has 0 bridgehead atoms. The zero-order valence-corrected chi connectivity index (χ0v) is 18.0. The summed E-state index contributed by atoms with van der Waals surface area (Å²) >= 11 is 0. The van der Waals surface area contributed by atoms with Crippen molar-refractivity contribution in [1.29, 1.82) is 0 Å². The molecule has 0 aliphatic heterocycles. The van der Waals surface area contributed by atoms with Gasteiger partial charge < -0.3 is 19.1 Å². The van der Waals surface area contributed by atoms with Gasteiger partial charge in [-0.05, 0) is 44.5 Å². The molecule has 1 unspecified atom stereocenters. The second-order valence-electron chi connectivity index (χ2n) is 6.77. The number of benzene rings is 2. The number of esters is 1. The molecular formula is C23H27N3O4. The molecule has 0 aliphatic carbocycles. The summed E-state index contributed by atoms with van der Waals surface area (Å²) in [4.78, 5) is 23.3. The molecule has 0 radical (unpaired) electrons. The van der Waals surface area contributed by atoms with Gasteiger partial charge in [-0.25, -0.2) is 14.8 Å². The number of nitrogens with zero attached hydrogens (tertiary/aromatic N) is 3. The fraction of sp³-hybridized carbons (Fsp3) is 0.348. The van der Waals surface area contributed by atoms with Crippen LogP contribution in [0.3, 0.4) is 0 Å². The summed E-state index contributed by atoms with van der Waals surface area (Å²) in [5.74, 6) is 2.09. The first-order chi connectivity index (χ1) is 14.5. The Morgan fingerprint density at radius 2 is 1.87 bits per heavy atom. The smallest absolute Gasteiger partial charge is 0.347 e. The quantitative estimate of drug-likeness (QED) is 0.509. The summed E-state index contributed by atoms with van der Waals surface area (Å²) in [6.45, 7) is 5.82. The summed E-state index contributed by atoms with van der Waals surface area (Å²) in [7, 11) is 3.50. The van der Waals surface area contributed by atoms with Crippen molar-refractivity contribution in [2.75, 3.05) is 25.7 Å². The van der Waals surface area contributed by atoms with E-state index in [1.165, 1.54) is 0 Å². The Morgan fingerprint density at radius 3 is 2.57 bits per heavy atom. The third-order valence-corrected chi connectivity index (χ3v) is 4.74. The first-order valence-electron chi connectivity index (χ1n) is 9.96. The highest BCUT2D eigenvalue weighted by Gasteiger charge is 2.22. The van der Waals surface area contributed by atoms with E-state index in [0.29, 0.717) is 30.4 Å². The average Bonchev–Trinajstić information content (AvgIpc) is 2.76. The number of hydrogen-bond acceptors (Lipinski definition) is 7. The maximum atomic E-state index is 12.2. The number of hydrogen-bond donors (Lipinski definition) is 0. The molecule has 0 N–H and O–H groups in total. The summed E-state index contributed by atoms with van der Waals surface area (Å²) in [5, 5.41) is 0.946. The minimum atomic E-state index is -0.707. The van der Waals surface area contributed by atoms with Crippen LogP contribution in [0.5, 0.6) is 11.5 Å². The van der Waals surface area contributed by atoms with Gasteiger partial charge >= 0.3 is 5.97 Å². The second-order valence-corrected chi connectivity index (χ2v) is 6.77. The number of aryl methyl sites for hydroxylation is 1. The topological polar surface area (TPSA) is 73.8 Å². The molecule has 0 amide bonds. The highest BCUT2D eigenvalue weighted by atomic mass is 16.6. The lowest BCUT2D eigenvalue weighted by atomic mass is 10.2. The Hall–Kier alpha value is -3.35. The van der Waals surface area contributed by atoms with E-state index in [-0.39, 0.29) is 0 Å². The van der Waals surface area contributed by atoms with Crippen LogP contribution in [0, 0.1) is 6.92 Å². The second kappa shape index (κ2) is 9.43. The number of para-hydroxylation sites is 1. The van der Waals surface area contributed by atoms with Crippen LogP contribution in [0.25, 0.3) is 10.9 Å². The Kier molecular flexibility index (Phi) is 6.72. The number of fused-ring (bicyclic) bond motifs is 1. The molecule has 7 nitrogen and oxygen atoms in total. The van der Waals surface area contributed by atoms with Gasteiger partial charge in [-0.1, -0.05) is 19.1 Å². The lowest BCUT2D eigenvalue weighted by Gasteiger charge is -2.23. The molecule has 1 aromatic heterocycles. The minimum absolute atomic E-state index is 0.304. The fourth-order valence-corrected chi connectivity index (χ4v) is 3.20. The number of ether oxygens (including phenoxy) is 3. The molecule has 158 valence electrons. The Labute approximate surface area is 176 Å². The molecule has 7 heteroatoms. The first kappa shape index (κ1) is 21.4. The molecule has 1 atom stereocenters. The van der Waals surface area contributed by atoms with E-state index in [9.17, 15) is 4.79 Å². The first-order valence-corrected chi connectivity index (χ1v) is 9.96. The third-order valence-electron chi connectivity index (χ3n) is 4.74. The largest absolute Gasteiger partial charge is 0.493 e. The predicted molar refractivity (Wildman–Crippen MR) is 117 cm³/mol. The third kappa shape index (κ3) is 4.45. The van der Waals surface area contributed by atoms with E-state index in [1.807, 2.05) is 68.3 Å². The number of rotatable bonds is 8. The van der Waals surface area contributed by atoms with Crippen LogP contribution in [0.15, 0.2) is 42.5 Å². The molecule has 0 fully saturated rings. The van der Waals surface area contributed by atoms with Gasteiger partial charge in [0.2, 0.25) is 0 Å². The van der Waals surface area contributed by atoms with E-state index in [1.54, 1.807) is 14.0 Å². The van der Waals surface area contributed by atoms with Crippen molar-refractivity contribution in [3.8, 4) is 11.5 Å². The van der Waals surface area contributed by atoms with Gasteiger partial charge in [0, 0.05) is 24.2 Å². The maximum absolute atomic E-state index is 12.2. The van der Waals surface area contributed by atoms with Crippen LogP contribution in [0.1, 0.15) is 26.1 Å². The van der Waals surface area contributed by atoms with E-state index in [0.717, 1.165) is 22.4 Å². The number of anilines is 2. The molecule has 0 saturated carbocycles. The van der Waals surface area contributed by atoms with Crippen molar-refractivity contribution < 1.29 is 19.0 Å². The average molecular weight is 409 g/mol. The molecule has 1 heterocycles. The van der Waals surface area contributed by atoms with Crippen molar-refractivity contribution in [1.82, 2.24) is 9.97 Å². The summed E-state index contributed by atoms with van der Waals surface area (Å²) in [5.41, 5.74) is 1.72. The summed E-state index contributed by atoms with van der Waals surface area (Å²) < 4.78 is 16.5. The van der Waals surface area contributed by atoms with E-state index in [2.05, 4.69) is 9.97 Å². The number of aromatic nitrogens is 2. The molecule has 0 spiro atoms. The van der Waals surface area contributed by atoms with Crippen LogP contribution in [0.4, 0.5) is 11.5 Å². The molecule has 3 aromatic rings. The fourth-order valence-electron chi connectivity index (χ4n) is 3.20. The number of methoxy groups -OCH3 is 1. The van der Waals surface area contributed by atoms with Gasteiger partial charge in [-0.15, -0.1) is 0 Å². The van der Waals surface area contributed by atoms with Crippen molar-refractivity contribution in [3.05, 3.63) is 48.3 Å².